The van der Waals surface area contributed by atoms with Gasteiger partial charge in [-0.3, -0.25) is 19.7 Å². The van der Waals surface area contributed by atoms with Crippen LogP contribution in [0.15, 0.2) is 16.5 Å². The second-order valence-corrected chi connectivity index (χ2v) is 3.82. The molecule has 98 valence electrons. The number of nitrogens with zero attached hydrogens (tertiary/aromatic N) is 2. The molecule has 0 radical (unpaired) electrons. The quantitative estimate of drug-likeness (QED) is 0.623. The molecule has 1 aromatic heterocycles. The van der Waals surface area contributed by atoms with Gasteiger partial charge in [-0.05, 0) is 19.9 Å². The molecule has 0 aromatic carbocycles. The molecule has 0 aliphatic heterocycles. The summed E-state index contributed by atoms with van der Waals surface area (Å²) in [5, 5.41) is 19.1. The van der Waals surface area contributed by atoms with Gasteiger partial charge in [0.1, 0.15) is 11.5 Å². The molecule has 1 aromatic rings. The zero-order chi connectivity index (χ0) is 13.9. The van der Waals surface area contributed by atoms with Crippen molar-refractivity contribution in [1.82, 2.24) is 4.90 Å². The number of furan rings is 1. The van der Waals surface area contributed by atoms with Gasteiger partial charge in [-0.25, -0.2) is 0 Å². The standard InChI is InChI=1S/C10H12N2O6/c1-6(2)11(5-9(13)14)10(15)7-3-4-8(18-7)12(16)17/h3-4,6H,5H2,1-2H3,(H,13,14). The number of carboxylic acid groups (broad SMARTS) is 1. The molecular weight excluding hydrogens is 244 g/mol. The lowest BCUT2D eigenvalue weighted by molar-refractivity contribution is -0.402. The third-order valence-corrected chi connectivity index (χ3v) is 2.17. The number of rotatable bonds is 5. The highest BCUT2D eigenvalue weighted by atomic mass is 16.6. The van der Waals surface area contributed by atoms with Crippen LogP contribution < -0.4 is 0 Å². The van der Waals surface area contributed by atoms with E-state index in [4.69, 9.17) is 9.52 Å². The van der Waals surface area contributed by atoms with Gasteiger partial charge >= 0.3 is 11.9 Å². The molecule has 1 heterocycles. The fourth-order valence-electron chi connectivity index (χ4n) is 1.32. The predicted octanol–water partition coefficient (Wildman–Crippen LogP) is 1.12. The van der Waals surface area contributed by atoms with E-state index in [0.29, 0.717) is 0 Å². The van der Waals surface area contributed by atoms with E-state index in [0.717, 1.165) is 17.0 Å². The van der Waals surface area contributed by atoms with Crippen LogP contribution in [0.3, 0.4) is 0 Å². The molecule has 0 aliphatic rings. The number of amides is 1. The molecule has 0 unspecified atom stereocenters. The van der Waals surface area contributed by atoms with Gasteiger partial charge in [-0.2, -0.15) is 0 Å². The first-order chi connectivity index (χ1) is 8.32. The monoisotopic (exact) mass is 256 g/mol. The van der Waals surface area contributed by atoms with E-state index in [-0.39, 0.29) is 11.8 Å². The Kier molecular flexibility index (Phi) is 4.03. The summed E-state index contributed by atoms with van der Waals surface area (Å²) in [5.74, 6) is -2.67. The Morgan fingerprint density at radius 3 is 2.50 bits per heavy atom. The van der Waals surface area contributed by atoms with E-state index < -0.39 is 29.2 Å². The molecule has 1 amide bonds. The van der Waals surface area contributed by atoms with E-state index in [2.05, 4.69) is 0 Å². The Labute approximate surface area is 102 Å². The van der Waals surface area contributed by atoms with Crippen molar-refractivity contribution in [2.75, 3.05) is 6.54 Å². The summed E-state index contributed by atoms with van der Waals surface area (Å²) in [7, 11) is 0. The normalized spacial score (nSPS) is 10.4. The van der Waals surface area contributed by atoms with Crippen LogP contribution in [0.1, 0.15) is 24.4 Å². The number of carbonyl (C=O) groups is 2. The van der Waals surface area contributed by atoms with Gasteiger partial charge in [0.05, 0.1) is 6.07 Å². The summed E-state index contributed by atoms with van der Waals surface area (Å²) in [6.07, 6.45) is 0. The summed E-state index contributed by atoms with van der Waals surface area (Å²) in [5.41, 5.74) is 0. The fourth-order valence-corrected chi connectivity index (χ4v) is 1.32. The molecule has 0 saturated heterocycles. The Balaban J connectivity index is 2.94. The summed E-state index contributed by atoms with van der Waals surface area (Å²) >= 11 is 0. The summed E-state index contributed by atoms with van der Waals surface area (Å²) in [6.45, 7) is 2.78. The molecule has 1 N–H and O–H groups in total. The number of nitro groups is 1. The zero-order valence-electron chi connectivity index (χ0n) is 9.82. The highest BCUT2D eigenvalue weighted by Crippen LogP contribution is 2.18. The van der Waals surface area contributed by atoms with Gasteiger partial charge in [0, 0.05) is 6.04 Å². The van der Waals surface area contributed by atoms with Gasteiger partial charge in [0.15, 0.2) is 5.76 Å². The number of carbonyl (C=O) groups excluding carboxylic acids is 1. The number of carboxylic acids is 1. The highest BCUT2D eigenvalue weighted by molar-refractivity contribution is 5.93. The second-order valence-electron chi connectivity index (χ2n) is 3.82. The molecule has 0 saturated carbocycles. The number of hydrogen-bond donors (Lipinski definition) is 1. The zero-order valence-corrected chi connectivity index (χ0v) is 9.82. The van der Waals surface area contributed by atoms with Gasteiger partial charge in [-0.15, -0.1) is 0 Å². The molecule has 0 spiro atoms. The summed E-state index contributed by atoms with van der Waals surface area (Å²) < 4.78 is 4.74. The lowest BCUT2D eigenvalue weighted by Gasteiger charge is -2.23. The minimum atomic E-state index is -1.17. The van der Waals surface area contributed by atoms with Crippen LogP contribution in [0, 0.1) is 10.1 Å². The summed E-state index contributed by atoms with van der Waals surface area (Å²) in [6, 6.07) is 1.84. The first kappa shape index (κ1) is 13.7. The van der Waals surface area contributed by atoms with Gasteiger partial charge in [-0.1, -0.05) is 0 Å². The van der Waals surface area contributed by atoms with Crippen molar-refractivity contribution in [3.05, 3.63) is 28.0 Å². The first-order valence-corrected chi connectivity index (χ1v) is 5.10. The number of hydrogen-bond acceptors (Lipinski definition) is 5. The van der Waals surface area contributed by atoms with Gasteiger partial charge < -0.3 is 14.4 Å². The van der Waals surface area contributed by atoms with Crippen LogP contribution in [0.2, 0.25) is 0 Å². The molecule has 0 bridgehead atoms. The van der Waals surface area contributed by atoms with Crippen LogP contribution in [-0.4, -0.2) is 39.4 Å². The van der Waals surface area contributed by atoms with Crippen molar-refractivity contribution >= 4 is 17.8 Å². The predicted molar refractivity (Wildman–Crippen MR) is 59.2 cm³/mol. The molecule has 8 heteroatoms. The molecule has 1 rings (SSSR count). The Hall–Kier alpha value is -2.38. The summed E-state index contributed by atoms with van der Waals surface area (Å²) in [4.78, 5) is 33.2. The third-order valence-electron chi connectivity index (χ3n) is 2.17. The molecule has 0 aliphatic carbocycles. The Bertz CT molecular complexity index is 478. The highest BCUT2D eigenvalue weighted by Gasteiger charge is 2.25. The van der Waals surface area contributed by atoms with Crippen LogP contribution in [0.5, 0.6) is 0 Å². The van der Waals surface area contributed by atoms with Crippen LogP contribution >= 0.6 is 0 Å². The van der Waals surface area contributed by atoms with Crippen molar-refractivity contribution in [3.8, 4) is 0 Å². The van der Waals surface area contributed by atoms with Crippen molar-refractivity contribution < 1.29 is 24.0 Å². The smallest absolute Gasteiger partial charge is 0.433 e. The first-order valence-electron chi connectivity index (χ1n) is 5.10. The molecule has 18 heavy (non-hydrogen) atoms. The molecule has 0 atom stereocenters. The van der Waals surface area contributed by atoms with E-state index in [1.807, 2.05) is 0 Å². The van der Waals surface area contributed by atoms with Crippen molar-refractivity contribution in [2.45, 2.75) is 19.9 Å². The minimum Gasteiger partial charge on any atom is -0.480 e. The average Bonchev–Trinajstić information content (AvgIpc) is 2.73. The third kappa shape index (κ3) is 3.06. The average molecular weight is 256 g/mol. The largest absolute Gasteiger partial charge is 0.480 e. The lowest BCUT2D eigenvalue weighted by atomic mass is 10.3. The van der Waals surface area contributed by atoms with E-state index in [9.17, 15) is 19.7 Å². The second kappa shape index (κ2) is 5.30. The molecule has 8 nitrogen and oxygen atoms in total. The van der Waals surface area contributed by atoms with Crippen LogP contribution in [0.4, 0.5) is 5.88 Å². The van der Waals surface area contributed by atoms with E-state index >= 15 is 0 Å². The topological polar surface area (TPSA) is 114 Å². The Morgan fingerprint density at radius 2 is 2.11 bits per heavy atom. The molecule has 0 fully saturated rings. The fraction of sp³-hybridized carbons (Fsp3) is 0.400. The molecular formula is C10H12N2O6. The SMILES string of the molecule is CC(C)N(CC(=O)O)C(=O)c1ccc([N+](=O)[O-])o1. The van der Waals surface area contributed by atoms with Crippen molar-refractivity contribution in [2.24, 2.45) is 0 Å². The van der Waals surface area contributed by atoms with Crippen LogP contribution in [-0.2, 0) is 4.79 Å². The maximum absolute atomic E-state index is 11.9. The van der Waals surface area contributed by atoms with Crippen molar-refractivity contribution in [3.63, 3.8) is 0 Å². The Morgan fingerprint density at radius 1 is 1.50 bits per heavy atom. The minimum absolute atomic E-state index is 0.253. The maximum Gasteiger partial charge on any atom is 0.433 e. The van der Waals surface area contributed by atoms with Gasteiger partial charge in [0.25, 0.3) is 5.91 Å². The van der Waals surface area contributed by atoms with Gasteiger partial charge in [0.2, 0.25) is 0 Å². The van der Waals surface area contributed by atoms with Crippen LogP contribution in [0.25, 0.3) is 0 Å². The maximum atomic E-state index is 11.9. The number of aliphatic carboxylic acids is 1. The van der Waals surface area contributed by atoms with E-state index in [1.54, 1.807) is 13.8 Å². The van der Waals surface area contributed by atoms with E-state index in [1.165, 1.54) is 0 Å². The van der Waals surface area contributed by atoms with Crippen molar-refractivity contribution in [1.29, 1.82) is 0 Å². The lowest BCUT2D eigenvalue weighted by Crippen LogP contribution is -2.40.